The first-order valence-corrected chi connectivity index (χ1v) is 5.23. The second-order valence-corrected chi connectivity index (χ2v) is 3.87. The summed E-state index contributed by atoms with van der Waals surface area (Å²) < 4.78 is 0. The summed E-state index contributed by atoms with van der Waals surface area (Å²) in [7, 11) is 1.68. The fraction of sp³-hybridized carbons (Fsp3) is 0.800. The van der Waals surface area contributed by atoms with Crippen molar-refractivity contribution < 1.29 is 9.59 Å². The van der Waals surface area contributed by atoms with Gasteiger partial charge in [0, 0.05) is 20.1 Å². The Hall–Kier alpha value is -1.26. The molecule has 5 heteroatoms. The molecule has 0 aromatic heterocycles. The molecule has 0 fully saturated rings. The number of nitrogens with zero attached hydrogens (tertiary/aromatic N) is 1. The van der Waals surface area contributed by atoms with Gasteiger partial charge >= 0.3 is 6.03 Å². The Morgan fingerprint density at radius 2 is 1.87 bits per heavy atom. The fourth-order valence-corrected chi connectivity index (χ4v) is 0.815. The third-order valence-corrected chi connectivity index (χ3v) is 1.93. The Bertz CT molecular complexity index is 217. The summed E-state index contributed by atoms with van der Waals surface area (Å²) in [5.41, 5.74) is 0. The second-order valence-electron chi connectivity index (χ2n) is 3.87. The zero-order chi connectivity index (χ0) is 11.8. The lowest BCUT2D eigenvalue weighted by Crippen LogP contribution is -2.43. The van der Waals surface area contributed by atoms with Crippen LogP contribution in [0, 0.1) is 5.92 Å². The van der Waals surface area contributed by atoms with Gasteiger partial charge in [-0.25, -0.2) is 4.79 Å². The van der Waals surface area contributed by atoms with Crippen LogP contribution in [0.15, 0.2) is 0 Å². The van der Waals surface area contributed by atoms with Crippen LogP contribution < -0.4 is 10.6 Å². The number of amides is 3. The predicted molar refractivity (Wildman–Crippen MR) is 59.6 cm³/mol. The van der Waals surface area contributed by atoms with Crippen LogP contribution in [0.4, 0.5) is 4.79 Å². The molecule has 0 aromatic carbocycles. The summed E-state index contributed by atoms with van der Waals surface area (Å²) in [5, 5.41) is 5.25. The third-order valence-electron chi connectivity index (χ3n) is 1.93. The van der Waals surface area contributed by atoms with Crippen LogP contribution in [0.2, 0.25) is 0 Å². The van der Waals surface area contributed by atoms with E-state index in [1.54, 1.807) is 7.05 Å². The Kier molecular flexibility index (Phi) is 6.49. The highest BCUT2D eigenvalue weighted by Gasteiger charge is 2.08. The zero-order valence-electron chi connectivity index (χ0n) is 9.96. The summed E-state index contributed by atoms with van der Waals surface area (Å²) in [6.45, 7) is 7.21. The maximum absolute atomic E-state index is 11.3. The molecule has 15 heavy (non-hydrogen) atoms. The van der Waals surface area contributed by atoms with Gasteiger partial charge in [0.1, 0.15) is 0 Å². The first kappa shape index (κ1) is 13.7. The van der Waals surface area contributed by atoms with Gasteiger partial charge in [-0.15, -0.1) is 0 Å². The molecule has 0 aromatic rings. The number of hydrogen-bond acceptors (Lipinski definition) is 2. The highest BCUT2D eigenvalue weighted by molar-refractivity contribution is 5.83. The molecule has 0 atom stereocenters. The molecule has 2 N–H and O–H groups in total. The first-order valence-electron chi connectivity index (χ1n) is 5.23. The highest BCUT2D eigenvalue weighted by atomic mass is 16.2. The number of hydrogen-bond donors (Lipinski definition) is 2. The van der Waals surface area contributed by atoms with Gasteiger partial charge in [-0.3, -0.25) is 4.79 Å². The Balaban J connectivity index is 3.67. The van der Waals surface area contributed by atoms with Crippen LogP contribution in [-0.4, -0.2) is 43.5 Å². The number of nitrogens with one attached hydrogen (secondary N) is 2. The minimum atomic E-state index is -0.225. The molecule has 0 spiro atoms. The van der Waals surface area contributed by atoms with Gasteiger partial charge in [-0.1, -0.05) is 13.8 Å². The van der Waals surface area contributed by atoms with Crippen LogP contribution in [0.5, 0.6) is 0 Å². The van der Waals surface area contributed by atoms with Crippen molar-refractivity contribution in [2.75, 3.05) is 26.7 Å². The lowest BCUT2D eigenvalue weighted by atomic mass is 10.2. The first-order chi connectivity index (χ1) is 6.97. The minimum Gasteiger partial charge on any atom is -0.354 e. The molecule has 0 bridgehead atoms. The van der Waals surface area contributed by atoms with Crippen LogP contribution >= 0.6 is 0 Å². The van der Waals surface area contributed by atoms with Gasteiger partial charge in [0.15, 0.2) is 0 Å². The Morgan fingerprint density at radius 3 is 2.33 bits per heavy atom. The molecule has 88 valence electrons. The summed E-state index contributed by atoms with van der Waals surface area (Å²) in [5.74, 6) is 0.268. The number of rotatable bonds is 5. The largest absolute Gasteiger partial charge is 0.354 e. The second kappa shape index (κ2) is 7.09. The van der Waals surface area contributed by atoms with E-state index in [1.165, 1.54) is 4.90 Å². The maximum Gasteiger partial charge on any atom is 0.317 e. The lowest BCUT2D eigenvalue weighted by Gasteiger charge is -2.15. The quantitative estimate of drug-likeness (QED) is 0.698. The SMILES string of the molecule is CCN(C)C(=O)NCC(=O)NCC(C)C. The van der Waals surface area contributed by atoms with Crippen molar-refractivity contribution in [1.82, 2.24) is 15.5 Å². The van der Waals surface area contributed by atoms with Crippen molar-refractivity contribution in [3.05, 3.63) is 0 Å². The molecule has 0 aliphatic heterocycles. The van der Waals surface area contributed by atoms with Crippen LogP contribution in [0.1, 0.15) is 20.8 Å². The normalized spacial score (nSPS) is 9.93. The van der Waals surface area contributed by atoms with Gasteiger partial charge in [0.05, 0.1) is 6.54 Å². The van der Waals surface area contributed by atoms with Gasteiger partial charge < -0.3 is 15.5 Å². The summed E-state index contributed by atoms with van der Waals surface area (Å²) in [4.78, 5) is 24.0. The van der Waals surface area contributed by atoms with Crippen molar-refractivity contribution in [2.24, 2.45) is 5.92 Å². The molecule has 0 rings (SSSR count). The van der Waals surface area contributed by atoms with Crippen LogP contribution in [-0.2, 0) is 4.79 Å². The average molecular weight is 215 g/mol. The van der Waals surface area contributed by atoms with E-state index in [0.717, 1.165) is 0 Å². The van der Waals surface area contributed by atoms with Crippen molar-refractivity contribution >= 4 is 11.9 Å². The number of carbonyl (C=O) groups is 2. The molecule has 5 nitrogen and oxygen atoms in total. The zero-order valence-corrected chi connectivity index (χ0v) is 9.96. The summed E-state index contributed by atoms with van der Waals surface area (Å²) in [6.07, 6.45) is 0. The Morgan fingerprint density at radius 1 is 1.27 bits per heavy atom. The molecule has 3 amide bonds. The lowest BCUT2D eigenvalue weighted by molar-refractivity contribution is -0.120. The Labute approximate surface area is 91.2 Å². The van der Waals surface area contributed by atoms with E-state index in [9.17, 15) is 9.59 Å². The van der Waals surface area contributed by atoms with Crippen LogP contribution in [0.25, 0.3) is 0 Å². The van der Waals surface area contributed by atoms with Crippen molar-refractivity contribution in [1.29, 1.82) is 0 Å². The van der Waals surface area contributed by atoms with Gasteiger partial charge in [0.25, 0.3) is 0 Å². The highest BCUT2D eigenvalue weighted by Crippen LogP contribution is 1.86. The van der Waals surface area contributed by atoms with E-state index in [4.69, 9.17) is 0 Å². The van der Waals surface area contributed by atoms with E-state index in [0.29, 0.717) is 19.0 Å². The molecule has 0 aliphatic carbocycles. The molecule has 0 unspecified atom stereocenters. The number of carbonyl (C=O) groups excluding carboxylic acids is 2. The monoisotopic (exact) mass is 215 g/mol. The van der Waals surface area contributed by atoms with E-state index in [-0.39, 0.29) is 18.5 Å². The summed E-state index contributed by atoms with van der Waals surface area (Å²) >= 11 is 0. The van der Waals surface area contributed by atoms with Crippen molar-refractivity contribution in [2.45, 2.75) is 20.8 Å². The van der Waals surface area contributed by atoms with E-state index in [1.807, 2.05) is 20.8 Å². The fourth-order valence-electron chi connectivity index (χ4n) is 0.815. The maximum atomic E-state index is 11.3. The summed E-state index contributed by atoms with van der Waals surface area (Å²) in [6, 6.07) is -0.225. The smallest absolute Gasteiger partial charge is 0.317 e. The van der Waals surface area contributed by atoms with Crippen molar-refractivity contribution in [3.8, 4) is 0 Å². The van der Waals surface area contributed by atoms with Gasteiger partial charge in [0.2, 0.25) is 5.91 Å². The van der Waals surface area contributed by atoms with Crippen molar-refractivity contribution in [3.63, 3.8) is 0 Å². The van der Waals surface area contributed by atoms with Gasteiger partial charge in [-0.05, 0) is 12.8 Å². The topological polar surface area (TPSA) is 61.4 Å². The third kappa shape index (κ3) is 6.76. The van der Waals surface area contributed by atoms with Gasteiger partial charge in [-0.2, -0.15) is 0 Å². The molecule has 0 saturated heterocycles. The standard InChI is InChI=1S/C10H21N3O2/c1-5-13(4)10(15)12-7-9(14)11-6-8(2)3/h8H,5-7H2,1-4H3,(H,11,14)(H,12,15). The molecular formula is C10H21N3O2. The van der Waals surface area contributed by atoms with E-state index < -0.39 is 0 Å². The molecule has 0 radical (unpaired) electrons. The van der Waals surface area contributed by atoms with E-state index >= 15 is 0 Å². The predicted octanol–water partition coefficient (Wildman–Crippen LogP) is 0.420. The molecule has 0 aliphatic rings. The molecule has 0 saturated carbocycles. The number of urea groups is 1. The minimum absolute atomic E-state index is 0.0376. The van der Waals surface area contributed by atoms with E-state index in [2.05, 4.69) is 10.6 Å². The molecule has 0 heterocycles. The van der Waals surface area contributed by atoms with Crippen LogP contribution in [0.3, 0.4) is 0 Å². The average Bonchev–Trinajstić information content (AvgIpc) is 2.21. The molecular weight excluding hydrogens is 194 g/mol.